The number of anilines is 1. The topological polar surface area (TPSA) is 64.0 Å². The number of rotatable bonds is 3. The van der Waals surface area contributed by atoms with Crippen molar-refractivity contribution in [1.82, 2.24) is 9.78 Å². The van der Waals surface area contributed by atoms with Crippen LogP contribution in [-0.4, -0.2) is 15.7 Å². The van der Waals surface area contributed by atoms with Crippen LogP contribution in [0.3, 0.4) is 0 Å². The molecule has 1 amide bonds. The summed E-state index contributed by atoms with van der Waals surface area (Å²) in [7, 11) is 0. The number of hydrogen-bond donors (Lipinski definition) is 1. The summed E-state index contributed by atoms with van der Waals surface area (Å²) >= 11 is 0. The molecule has 0 aliphatic heterocycles. The van der Waals surface area contributed by atoms with Crippen molar-refractivity contribution in [2.24, 2.45) is 0 Å². The number of aromatic nitrogens is 2. The van der Waals surface area contributed by atoms with Gasteiger partial charge in [0.2, 0.25) is 5.43 Å². The van der Waals surface area contributed by atoms with E-state index in [1.807, 2.05) is 56.3 Å². The first-order valence-electron chi connectivity index (χ1n) is 7.58. The number of hydrogen-bond acceptors (Lipinski definition) is 3. The molecule has 24 heavy (non-hydrogen) atoms. The Morgan fingerprint density at radius 1 is 1.00 bits per heavy atom. The molecule has 0 atom stereocenters. The van der Waals surface area contributed by atoms with E-state index in [4.69, 9.17) is 0 Å². The molecule has 0 fully saturated rings. The number of aryl methyl sites for hydroxylation is 2. The molecule has 2 aromatic carbocycles. The van der Waals surface area contributed by atoms with Gasteiger partial charge in [0.15, 0.2) is 5.69 Å². The summed E-state index contributed by atoms with van der Waals surface area (Å²) in [5.41, 5.74) is 2.93. The first-order chi connectivity index (χ1) is 11.5. The molecular weight excluding hydrogens is 302 g/mol. The first-order valence-corrected chi connectivity index (χ1v) is 7.58. The largest absolute Gasteiger partial charge is 0.320 e. The predicted molar refractivity (Wildman–Crippen MR) is 93.7 cm³/mol. The van der Waals surface area contributed by atoms with Crippen LogP contribution >= 0.6 is 0 Å². The lowest BCUT2D eigenvalue weighted by Gasteiger charge is -2.09. The molecule has 5 nitrogen and oxygen atoms in total. The molecule has 3 rings (SSSR count). The molecule has 5 heteroatoms. The van der Waals surface area contributed by atoms with Gasteiger partial charge in [-0.05, 0) is 37.6 Å². The maximum absolute atomic E-state index is 12.4. The van der Waals surface area contributed by atoms with E-state index >= 15 is 0 Å². The molecule has 0 spiro atoms. The molecule has 120 valence electrons. The SMILES string of the molecule is Cc1ccc(-n2ccc(=O)c(C(=O)Nc3ccccc3C)n2)cc1. The van der Waals surface area contributed by atoms with E-state index in [0.717, 1.165) is 16.8 Å². The Labute approximate surface area is 139 Å². The molecule has 0 aliphatic rings. The van der Waals surface area contributed by atoms with E-state index in [2.05, 4.69) is 10.4 Å². The first kappa shape index (κ1) is 15.7. The molecule has 0 unspecified atom stereocenters. The Balaban J connectivity index is 1.94. The Morgan fingerprint density at radius 2 is 1.71 bits per heavy atom. The van der Waals surface area contributed by atoms with Crippen molar-refractivity contribution in [2.75, 3.05) is 5.32 Å². The lowest BCUT2D eigenvalue weighted by molar-refractivity contribution is 0.101. The molecular formula is C19H17N3O2. The minimum atomic E-state index is -0.518. The van der Waals surface area contributed by atoms with Crippen LogP contribution in [0, 0.1) is 13.8 Å². The van der Waals surface area contributed by atoms with Gasteiger partial charge in [0.05, 0.1) is 5.69 Å². The lowest BCUT2D eigenvalue weighted by Crippen LogP contribution is -2.25. The zero-order valence-electron chi connectivity index (χ0n) is 13.5. The number of benzene rings is 2. The van der Waals surface area contributed by atoms with Gasteiger partial charge in [0, 0.05) is 18.0 Å². The summed E-state index contributed by atoms with van der Waals surface area (Å²) in [5.74, 6) is -0.518. The van der Waals surface area contributed by atoms with Crippen molar-refractivity contribution in [3.63, 3.8) is 0 Å². The molecule has 0 aliphatic carbocycles. The molecule has 0 bridgehead atoms. The lowest BCUT2D eigenvalue weighted by atomic mass is 10.2. The average Bonchev–Trinajstić information content (AvgIpc) is 2.58. The third-order valence-corrected chi connectivity index (χ3v) is 3.72. The molecule has 3 aromatic rings. The van der Waals surface area contributed by atoms with E-state index in [9.17, 15) is 9.59 Å². The van der Waals surface area contributed by atoms with Gasteiger partial charge in [0.1, 0.15) is 0 Å². The Kier molecular flexibility index (Phi) is 4.24. The number of carbonyl (C=O) groups excluding carboxylic acids is 1. The fourth-order valence-corrected chi connectivity index (χ4v) is 2.30. The summed E-state index contributed by atoms with van der Waals surface area (Å²) in [6, 6.07) is 16.4. The average molecular weight is 319 g/mol. The zero-order valence-corrected chi connectivity index (χ0v) is 13.5. The van der Waals surface area contributed by atoms with Crippen molar-refractivity contribution < 1.29 is 4.79 Å². The van der Waals surface area contributed by atoms with Crippen LogP contribution < -0.4 is 10.7 Å². The second-order valence-electron chi connectivity index (χ2n) is 5.58. The Morgan fingerprint density at radius 3 is 2.42 bits per heavy atom. The van der Waals surface area contributed by atoms with E-state index in [1.54, 1.807) is 12.3 Å². The number of nitrogens with zero attached hydrogens (tertiary/aromatic N) is 2. The van der Waals surface area contributed by atoms with E-state index < -0.39 is 11.3 Å². The van der Waals surface area contributed by atoms with Crippen LogP contribution in [0.1, 0.15) is 21.6 Å². The third-order valence-electron chi connectivity index (χ3n) is 3.72. The van der Waals surface area contributed by atoms with Gasteiger partial charge in [0.25, 0.3) is 5.91 Å². The van der Waals surface area contributed by atoms with Gasteiger partial charge in [-0.25, -0.2) is 4.68 Å². The second-order valence-corrected chi connectivity index (χ2v) is 5.58. The molecule has 0 saturated heterocycles. The van der Waals surface area contributed by atoms with Gasteiger partial charge in [-0.1, -0.05) is 35.9 Å². The number of nitrogens with one attached hydrogen (secondary N) is 1. The Hall–Kier alpha value is -3.21. The monoisotopic (exact) mass is 319 g/mol. The summed E-state index contributed by atoms with van der Waals surface area (Å²) in [6.45, 7) is 3.88. The van der Waals surface area contributed by atoms with Gasteiger partial charge in [-0.15, -0.1) is 0 Å². The van der Waals surface area contributed by atoms with E-state index in [1.165, 1.54) is 10.7 Å². The van der Waals surface area contributed by atoms with Crippen molar-refractivity contribution >= 4 is 11.6 Å². The number of amides is 1. The van der Waals surface area contributed by atoms with Crippen LogP contribution in [0.4, 0.5) is 5.69 Å². The van der Waals surface area contributed by atoms with Gasteiger partial charge < -0.3 is 5.32 Å². The minimum absolute atomic E-state index is 0.138. The van der Waals surface area contributed by atoms with Crippen molar-refractivity contribution in [3.05, 3.63) is 87.8 Å². The molecule has 0 saturated carbocycles. The smallest absolute Gasteiger partial charge is 0.280 e. The van der Waals surface area contributed by atoms with Crippen LogP contribution in [0.15, 0.2) is 65.6 Å². The number of para-hydroxylation sites is 1. The van der Waals surface area contributed by atoms with Crippen molar-refractivity contribution in [1.29, 1.82) is 0 Å². The predicted octanol–water partition coefficient (Wildman–Crippen LogP) is 3.10. The maximum atomic E-state index is 12.4. The van der Waals surface area contributed by atoms with Gasteiger partial charge in [-0.3, -0.25) is 9.59 Å². The normalized spacial score (nSPS) is 10.4. The standard InChI is InChI=1S/C19H17N3O2/c1-13-7-9-15(10-8-13)22-12-11-17(23)18(21-22)19(24)20-16-6-4-3-5-14(16)2/h3-12H,1-2H3,(H,20,24). The summed E-state index contributed by atoms with van der Waals surface area (Å²) in [6.07, 6.45) is 1.55. The van der Waals surface area contributed by atoms with E-state index in [0.29, 0.717) is 5.69 Å². The van der Waals surface area contributed by atoms with Gasteiger partial charge in [-0.2, -0.15) is 5.10 Å². The minimum Gasteiger partial charge on any atom is -0.320 e. The number of carbonyl (C=O) groups is 1. The van der Waals surface area contributed by atoms with Crippen molar-refractivity contribution in [2.45, 2.75) is 13.8 Å². The third kappa shape index (κ3) is 3.25. The van der Waals surface area contributed by atoms with Crippen LogP contribution in [0.5, 0.6) is 0 Å². The highest BCUT2D eigenvalue weighted by Gasteiger charge is 2.14. The molecule has 0 radical (unpaired) electrons. The quantitative estimate of drug-likeness (QED) is 0.807. The zero-order chi connectivity index (χ0) is 17.1. The van der Waals surface area contributed by atoms with E-state index in [-0.39, 0.29) is 5.69 Å². The maximum Gasteiger partial charge on any atom is 0.280 e. The van der Waals surface area contributed by atoms with Gasteiger partial charge >= 0.3 is 0 Å². The molecule has 1 N–H and O–H groups in total. The second kappa shape index (κ2) is 6.50. The van der Waals surface area contributed by atoms with Crippen LogP contribution in [-0.2, 0) is 0 Å². The summed E-state index contributed by atoms with van der Waals surface area (Å²) in [5, 5.41) is 6.93. The highest BCUT2D eigenvalue weighted by molar-refractivity contribution is 6.03. The summed E-state index contributed by atoms with van der Waals surface area (Å²) in [4.78, 5) is 24.5. The van der Waals surface area contributed by atoms with Crippen molar-refractivity contribution in [3.8, 4) is 5.69 Å². The Bertz CT molecular complexity index is 943. The van der Waals surface area contributed by atoms with Crippen LogP contribution in [0.25, 0.3) is 5.69 Å². The fraction of sp³-hybridized carbons (Fsp3) is 0.105. The summed E-state index contributed by atoms with van der Waals surface area (Å²) < 4.78 is 1.52. The van der Waals surface area contributed by atoms with Crippen LogP contribution in [0.2, 0.25) is 0 Å². The highest BCUT2D eigenvalue weighted by atomic mass is 16.2. The molecule has 1 heterocycles. The highest BCUT2D eigenvalue weighted by Crippen LogP contribution is 2.14. The fourth-order valence-electron chi connectivity index (χ4n) is 2.30. The molecule has 1 aromatic heterocycles.